The molecule has 0 spiro atoms. The number of aryl methyl sites for hydroxylation is 2. The summed E-state index contributed by atoms with van der Waals surface area (Å²) in [7, 11) is 0. The summed E-state index contributed by atoms with van der Waals surface area (Å²) in [5, 5.41) is 2.29. The number of aromatic nitrogens is 1. The molecule has 18 heavy (non-hydrogen) atoms. The third-order valence-electron chi connectivity index (χ3n) is 3.36. The average Bonchev–Trinajstić information content (AvgIpc) is 2.36. The maximum absolute atomic E-state index is 6.06. The van der Waals surface area contributed by atoms with Crippen molar-refractivity contribution < 1.29 is 0 Å². The molecule has 0 bridgehead atoms. The molecule has 90 valence electrons. The van der Waals surface area contributed by atoms with Crippen LogP contribution in [-0.2, 0) is 6.42 Å². The van der Waals surface area contributed by atoms with Gasteiger partial charge in [-0.1, -0.05) is 19.1 Å². The number of nitrogens with two attached hydrogens (primary N) is 1. The lowest BCUT2D eigenvalue weighted by Gasteiger charge is -2.07. The highest BCUT2D eigenvalue weighted by Gasteiger charge is 2.04. The lowest BCUT2D eigenvalue weighted by Crippen LogP contribution is -1.92. The number of nitrogen functional groups attached to an aromatic ring is 1. The van der Waals surface area contributed by atoms with Gasteiger partial charge < -0.3 is 5.73 Å². The maximum Gasteiger partial charge on any atom is 0.0939 e. The molecule has 2 aromatic carbocycles. The van der Waals surface area contributed by atoms with Gasteiger partial charge >= 0.3 is 0 Å². The fourth-order valence-electron chi connectivity index (χ4n) is 2.39. The van der Waals surface area contributed by atoms with Crippen molar-refractivity contribution in [2.24, 2.45) is 0 Å². The minimum absolute atomic E-state index is 0.758. The molecule has 0 saturated heterocycles. The van der Waals surface area contributed by atoms with Gasteiger partial charge in [0.1, 0.15) is 0 Å². The Balaban J connectivity index is 2.39. The second-order valence-electron chi connectivity index (χ2n) is 4.79. The monoisotopic (exact) mass is 236 g/mol. The zero-order chi connectivity index (χ0) is 12.7. The van der Waals surface area contributed by atoms with Crippen LogP contribution >= 0.6 is 0 Å². The number of nitrogens with zero attached hydrogens (tertiary/aromatic N) is 1. The molecule has 0 fully saturated rings. The topological polar surface area (TPSA) is 38.9 Å². The van der Waals surface area contributed by atoms with E-state index in [-0.39, 0.29) is 0 Å². The maximum atomic E-state index is 6.06. The molecule has 1 heterocycles. The molecule has 1 aromatic heterocycles. The van der Waals surface area contributed by atoms with Gasteiger partial charge in [0, 0.05) is 10.8 Å². The predicted molar refractivity (Wildman–Crippen MR) is 77.8 cm³/mol. The van der Waals surface area contributed by atoms with E-state index < -0.39 is 0 Å². The average molecular weight is 236 g/mol. The normalized spacial score (nSPS) is 11.2. The molecule has 0 radical (unpaired) electrons. The SMILES string of the molecule is CCc1ccc2cc3cc(C)cc(N)c3nc2c1. The van der Waals surface area contributed by atoms with Crippen LogP contribution in [0.15, 0.2) is 36.4 Å². The molecule has 0 unspecified atom stereocenters. The minimum Gasteiger partial charge on any atom is -0.397 e. The number of hydrogen-bond acceptors (Lipinski definition) is 2. The first-order valence-corrected chi connectivity index (χ1v) is 6.27. The van der Waals surface area contributed by atoms with E-state index in [1.54, 1.807) is 0 Å². The van der Waals surface area contributed by atoms with Gasteiger partial charge in [0.15, 0.2) is 0 Å². The summed E-state index contributed by atoms with van der Waals surface area (Å²) in [6, 6.07) is 12.7. The van der Waals surface area contributed by atoms with E-state index >= 15 is 0 Å². The van der Waals surface area contributed by atoms with Crippen molar-refractivity contribution in [2.45, 2.75) is 20.3 Å². The third kappa shape index (κ3) is 1.70. The summed E-state index contributed by atoms with van der Waals surface area (Å²) in [6.07, 6.45) is 1.03. The van der Waals surface area contributed by atoms with E-state index in [1.807, 2.05) is 6.07 Å². The van der Waals surface area contributed by atoms with E-state index in [0.29, 0.717) is 0 Å². The van der Waals surface area contributed by atoms with Crippen LogP contribution in [-0.4, -0.2) is 4.98 Å². The Hall–Kier alpha value is -2.09. The molecule has 0 aliphatic rings. The van der Waals surface area contributed by atoms with Crippen molar-refractivity contribution in [1.29, 1.82) is 0 Å². The standard InChI is InChI=1S/C16H16N2/c1-3-11-4-5-12-9-13-6-10(2)7-14(17)16(13)18-15(12)8-11/h4-9H,3,17H2,1-2H3. The zero-order valence-electron chi connectivity index (χ0n) is 10.7. The first-order chi connectivity index (χ1) is 8.67. The number of fused-ring (bicyclic) bond motifs is 2. The third-order valence-corrected chi connectivity index (χ3v) is 3.36. The summed E-state index contributed by atoms with van der Waals surface area (Å²) < 4.78 is 0. The molecule has 2 heteroatoms. The Morgan fingerprint density at radius 3 is 2.67 bits per heavy atom. The first kappa shape index (κ1) is 11.0. The number of rotatable bonds is 1. The Bertz CT molecular complexity index is 745. The summed E-state index contributed by atoms with van der Waals surface area (Å²) in [4.78, 5) is 4.70. The molecular weight excluding hydrogens is 220 g/mol. The highest BCUT2D eigenvalue weighted by atomic mass is 14.7. The quantitative estimate of drug-likeness (QED) is 0.515. The number of hydrogen-bond donors (Lipinski definition) is 1. The molecule has 3 rings (SSSR count). The molecule has 0 amide bonds. The van der Waals surface area contributed by atoms with Crippen LogP contribution in [0, 0.1) is 6.92 Å². The smallest absolute Gasteiger partial charge is 0.0939 e. The molecule has 2 N–H and O–H groups in total. The van der Waals surface area contributed by atoms with Gasteiger partial charge in [0.2, 0.25) is 0 Å². The van der Waals surface area contributed by atoms with Crippen molar-refractivity contribution in [3.05, 3.63) is 47.5 Å². The van der Waals surface area contributed by atoms with Gasteiger partial charge in [-0.15, -0.1) is 0 Å². The second-order valence-corrected chi connectivity index (χ2v) is 4.79. The van der Waals surface area contributed by atoms with Gasteiger partial charge in [-0.25, -0.2) is 4.98 Å². The van der Waals surface area contributed by atoms with E-state index in [4.69, 9.17) is 10.7 Å². The lowest BCUT2D eigenvalue weighted by molar-refractivity contribution is 1.14. The van der Waals surface area contributed by atoms with Crippen molar-refractivity contribution in [2.75, 3.05) is 5.73 Å². The van der Waals surface area contributed by atoms with Crippen LogP contribution in [0.1, 0.15) is 18.1 Å². The van der Waals surface area contributed by atoms with Crippen LogP contribution in [0.4, 0.5) is 5.69 Å². The van der Waals surface area contributed by atoms with Crippen molar-refractivity contribution in [3.8, 4) is 0 Å². The van der Waals surface area contributed by atoms with Crippen LogP contribution in [0.25, 0.3) is 21.8 Å². The molecule has 0 saturated carbocycles. The van der Waals surface area contributed by atoms with Crippen LogP contribution in [0.5, 0.6) is 0 Å². The Morgan fingerprint density at radius 1 is 1.06 bits per heavy atom. The summed E-state index contributed by atoms with van der Waals surface area (Å²) in [5.41, 5.74) is 11.2. The Morgan fingerprint density at radius 2 is 1.89 bits per heavy atom. The van der Waals surface area contributed by atoms with Gasteiger partial charge in [0.25, 0.3) is 0 Å². The largest absolute Gasteiger partial charge is 0.397 e. The zero-order valence-corrected chi connectivity index (χ0v) is 10.7. The summed E-state index contributed by atoms with van der Waals surface area (Å²) >= 11 is 0. The van der Waals surface area contributed by atoms with Crippen molar-refractivity contribution in [1.82, 2.24) is 4.98 Å². The van der Waals surface area contributed by atoms with E-state index in [1.165, 1.54) is 16.5 Å². The molecular formula is C16H16N2. The minimum atomic E-state index is 0.758. The number of benzene rings is 2. The molecule has 0 aliphatic carbocycles. The van der Waals surface area contributed by atoms with Gasteiger partial charge in [-0.3, -0.25) is 0 Å². The Kier molecular flexibility index (Phi) is 2.44. The summed E-state index contributed by atoms with van der Waals surface area (Å²) in [6.45, 7) is 4.21. The number of anilines is 1. The molecule has 0 atom stereocenters. The van der Waals surface area contributed by atoms with Gasteiger partial charge in [-0.2, -0.15) is 0 Å². The second kappa shape index (κ2) is 3.98. The molecule has 3 aromatic rings. The van der Waals surface area contributed by atoms with E-state index in [2.05, 4.69) is 44.2 Å². The van der Waals surface area contributed by atoms with E-state index in [0.717, 1.165) is 28.5 Å². The van der Waals surface area contributed by atoms with Crippen LogP contribution in [0.3, 0.4) is 0 Å². The fourth-order valence-corrected chi connectivity index (χ4v) is 2.39. The fraction of sp³-hybridized carbons (Fsp3) is 0.188. The highest BCUT2D eigenvalue weighted by molar-refractivity contribution is 5.98. The molecule has 0 aliphatic heterocycles. The van der Waals surface area contributed by atoms with Crippen LogP contribution < -0.4 is 5.73 Å². The van der Waals surface area contributed by atoms with Crippen molar-refractivity contribution in [3.63, 3.8) is 0 Å². The first-order valence-electron chi connectivity index (χ1n) is 6.27. The highest BCUT2D eigenvalue weighted by Crippen LogP contribution is 2.25. The van der Waals surface area contributed by atoms with Crippen molar-refractivity contribution >= 4 is 27.5 Å². The predicted octanol–water partition coefficient (Wildman–Crippen LogP) is 3.84. The van der Waals surface area contributed by atoms with Gasteiger partial charge in [0.05, 0.1) is 16.7 Å². The Labute approximate surface area is 106 Å². The number of pyridine rings is 1. The molecule has 2 nitrogen and oxygen atoms in total. The lowest BCUT2D eigenvalue weighted by atomic mass is 10.1. The van der Waals surface area contributed by atoms with Gasteiger partial charge in [-0.05, 0) is 48.7 Å². The van der Waals surface area contributed by atoms with Crippen LogP contribution in [0.2, 0.25) is 0 Å². The summed E-state index contributed by atoms with van der Waals surface area (Å²) in [5.74, 6) is 0. The van der Waals surface area contributed by atoms with E-state index in [9.17, 15) is 0 Å².